The van der Waals surface area contributed by atoms with Crippen molar-refractivity contribution in [1.82, 2.24) is 4.90 Å². The second kappa shape index (κ2) is 8.35. The monoisotopic (exact) mass is 365 g/mol. The van der Waals surface area contributed by atoms with E-state index in [2.05, 4.69) is 11.8 Å². The van der Waals surface area contributed by atoms with Gasteiger partial charge in [0.2, 0.25) is 0 Å². The smallest absolute Gasteiger partial charge is 0.130 e. The standard InChI is InChI=1S/C20H24ClNO.ClH/c1-16(22-13-6-3-7-14-22)20(23,17-9-4-2-5-10-17)18-11-8-12-19(21)15-18;/h2,4-5,8-12,15-16,23H,3,6-7,13-14H2,1H3;1H. The SMILES string of the molecule is CC(N1CCCCC1)C(O)(c1ccccc1)c1cccc(Cl)c1.Cl. The van der Waals surface area contributed by atoms with Crippen molar-refractivity contribution in [3.63, 3.8) is 0 Å². The van der Waals surface area contributed by atoms with Crippen molar-refractivity contribution in [3.8, 4) is 0 Å². The highest BCUT2D eigenvalue weighted by Crippen LogP contribution is 2.37. The summed E-state index contributed by atoms with van der Waals surface area (Å²) in [7, 11) is 0. The molecule has 3 rings (SSSR count). The molecule has 1 fully saturated rings. The summed E-state index contributed by atoms with van der Waals surface area (Å²) >= 11 is 6.20. The molecule has 24 heavy (non-hydrogen) atoms. The number of halogens is 2. The van der Waals surface area contributed by atoms with Crippen LogP contribution in [0.2, 0.25) is 5.02 Å². The molecule has 2 atom stereocenters. The van der Waals surface area contributed by atoms with Gasteiger partial charge in [-0.05, 0) is 56.1 Å². The predicted molar refractivity (Wildman–Crippen MR) is 103 cm³/mol. The lowest BCUT2D eigenvalue weighted by atomic mass is 9.79. The molecule has 4 heteroatoms. The fraction of sp³-hybridized carbons (Fsp3) is 0.400. The molecule has 0 aromatic heterocycles. The van der Waals surface area contributed by atoms with Crippen LogP contribution in [0.3, 0.4) is 0 Å². The average Bonchev–Trinajstić information content (AvgIpc) is 2.62. The van der Waals surface area contributed by atoms with Crippen LogP contribution in [-0.4, -0.2) is 29.1 Å². The summed E-state index contributed by atoms with van der Waals surface area (Å²) in [5, 5.41) is 12.5. The summed E-state index contributed by atoms with van der Waals surface area (Å²) in [6, 6.07) is 17.5. The Balaban J connectivity index is 0.00000208. The largest absolute Gasteiger partial charge is 0.379 e. The van der Waals surface area contributed by atoms with E-state index in [1.165, 1.54) is 19.3 Å². The van der Waals surface area contributed by atoms with Gasteiger partial charge in [-0.1, -0.05) is 60.5 Å². The predicted octanol–water partition coefficient (Wildman–Crippen LogP) is 4.87. The van der Waals surface area contributed by atoms with E-state index in [0.717, 1.165) is 24.2 Å². The Morgan fingerprint density at radius 1 is 0.958 bits per heavy atom. The zero-order valence-electron chi connectivity index (χ0n) is 14.0. The van der Waals surface area contributed by atoms with E-state index < -0.39 is 5.60 Å². The number of rotatable bonds is 4. The number of likely N-dealkylation sites (tertiary alicyclic amines) is 1. The van der Waals surface area contributed by atoms with Crippen molar-refractivity contribution in [2.24, 2.45) is 0 Å². The Kier molecular flexibility index (Phi) is 6.70. The molecule has 0 amide bonds. The highest BCUT2D eigenvalue weighted by Gasteiger charge is 2.41. The molecule has 1 heterocycles. The van der Waals surface area contributed by atoms with Gasteiger partial charge in [-0.3, -0.25) is 4.90 Å². The molecule has 1 aliphatic rings. The Morgan fingerprint density at radius 2 is 1.58 bits per heavy atom. The van der Waals surface area contributed by atoms with Crippen molar-refractivity contribution in [3.05, 3.63) is 70.7 Å². The first kappa shape index (κ1) is 19.3. The molecule has 0 aliphatic carbocycles. The maximum absolute atomic E-state index is 11.8. The number of hydrogen-bond acceptors (Lipinski definition) is 2. The van der Waals surface area contributed by atoms with Gasteiger partial charge in [0, 0.05) is 11.1 Å². The van der Waals surface area contributed by atoms with E-state index in [1.54, 1.807) is 0 Å². The summed E-state index contributed by atoms with van der Waals surface area (Å²) in [4.78, 5) is 2.40. The van der Waals surface area contributed by atoms with Gasteiger partial charge in [0.15, 0.2) is 0 Å². The number of hydrogen-bond donors (Lipinski definition) is 1. The van der Waals surface area contributed by atoms with E-state index in [-0.39, 0.29) is 18.4 Å². The van der Waals surface area contributed by atoms with E-state index in [1.807, 2.05) is 54.6 Å². The highest BCUT2D eigenvalue weighted by molar-refractivity contribution is 6.30. The highest BCUT2D eigenvalue weighted by atomic mass is 35.5. The molecule has 2 unspecified atom stereocenters. The molecular formula is C20H25Cl2NO. The first-order valence-corrected chi connectivity index (χ1v) is 8.78. The van der Waals surface area contributed by atoms with Crippen LogP contribution in [0.1, 0.15) is 37.3 Å². The number of aliphatic hydroxyl groups is 1. The van der Waals surface area contributed by atoms with E-state index in [0.29, 0.717) is 5.02 Å². The molecule has 2 aromatic rings. The molecule has 0 spiro atoms. The van der Waals surface area contributed by atoms with Crippen molar-refractivity contribution in [1.29, 1.82) is 0 Å². The quantitative estimate of drug-likeness (QED) is 0.834. The van der Waals surface area contributed by atoms with Crippen molar-refractivity contribution < 1.29 is 5.11 Å². The fourth-order valence-corrected chi connectivity index (χ4v) is 3.83. The molecule has 130 valence electrons. The van der Waals surface area contributed by atoms with Crippen LogP contribution in [0.4, 0.5) is 0 Å². The molecule has 0 radical (unpaired) electrons. The fourth-order valence-electron chi connectivity index (χ4n) is 3.64. The van der Waals surface area contributed by atoms with Crippen LogP contribution in [0, 0.1) is 0 Å². The van der Waals surface area contributed by atoms with Gasteiger partial charge in [-0.25, -0.2) is 0 Å². The van der Waals surface area contributed by atoms with Gasteiger partial charge < -0.3 is 5.11 Å². The first-order valence-electron chi connectivity index (χ1n) is 8.40. The average molecular weight is 366 g/mol. The van der Waals surface area contributed by atoms with Gasteiger partial charge >= 0.3 is 0 Å². The number of benzene rings is 2. The zero-order chi connectivity index (χ0) is 16.3. The second-order valence-electron chi connectivity index (χ2n) is 6.42. The number of piperidine rings is 1. The summed E-state index contributed by atoms with van der Waals surface area (Å²) < 4.78 is 0. The minimum absolute atomic E-state index is 0. The molecule has 1 N–H and O–H groups in total. The third kappa shape index (κ3) is 3.78. The van der Waals surface area contributed by atoms with Crippen LogP contribution in [0.5, 0.6) is 0 Å². The van der Waals surface area contributed by atoms with Gasteiger partial charge in [-0.15, -0.1) is 12.4 Å². The van der Waals surface area contributed by atoms with Crippen molar-refractivity contribution in [2.75, 3.05) is 13.1 Å². The molecule has 0 bridgehead atoms. The summed E-state index contributed by atoms with van der Waals surface area (Å²) in [5.74, 6) is 0. The lowest BCUT2D eigenvalue weighted by molar-refractivity contribution is -0.0195. The van der Waals surface area contributed by atoms with Gasteiger partial charge in [-0.2, -0.15) is 0 Å². The van der Waals surface area contributed by atoms with Crippen LogP contribution < -0.4 is 0 Å². The summed E-state index contributed by atoms with van der Waals surface area (Å²) in [5.41, 5.74) is 0.707. The van der Waals surface area contributed by atoms with Crippen LogP contribution in [0.15, 0.2) is 54.6 Å². The molecule has 2 aromatic carbocycles. The zero-order valence-corrected chi connectivity index (χ0v) is 15.6. The Morgan fingerprint density at radius 3 is 2.21 bits per heavy atom. The van der Waals surface area contributed by atoms with Gasteiger partial charge in [0.1, 0.15) is 5.60 Å². The van der Waals surface area contributed by atoms with E-state index >= 15 is 0 Å². The summed E-state index contributed by atoms with van der Waals surface area (Å²) in [6.07, 6.45) is 3.68. The third-order valence-electron chi connectivity index (χ3n) is 5.02. The van der Waals surface area contributed by atoms with Crippen LogP contribution in [-0.2, 0) is 5.60 Å². The minimum Gasteiger partial charge on any atom is -0.379 e. The minimum atomic E-state index is -1.07. The maximum atomic E-state index is 11.8. The van der Waals surface area contributed by atoms with Crippen molar-refractivity contribution in [2.45, 2.75) is 37.8 Å². The molecule has 0 saturated carbocycles. The Labute approximate surface area is 155 Å². The van der Waals surface area contributed by atoms with Gasteiger partial charge in [0.05, 0.1) is 0 Å². The van der Waals surface area contributed by atoms with E-state index in [9.17, 15) is 5.11 Å². The first-order chi connectivity index (χ1) is 11.1. The number of nitrogens with zero attached hydrogens (tertiary/aromatic N) is 1. The molecule has 1 aliphatic heterocycles. The van der Waals surface area contributed by atoms with E-state index in [4.69, 9.17) is 11.6 Å². The summed E-state index contributed by atoms with van der Waals surface area (Å²) in [6.45, 7) is 4.20. The van der Waals surface area contributed by atoms with Crippen molar-refractivity contribution >= 4 is 24.0 Å². The lowest BCUT2D eigenvalue weighted by Crippen LogP contribution is -2.51. The topological polar surface area (TPSA) is 23.5 Å². The maximum Gasteiger partial charge on any atom is 0.130 e. The third-order valence-corrected chi connectivity index (χ3v) is 5.26. The van der Waals surface area contributed by atoms with Gasteiger partial charge in [0.25, 0.3) is 0 Å². The Hall–Kier alpha value is -1.06. The second-order valence-corrected chi connectivity index (χ2v) is 6.85. The normalized spacial score (nSPS) is 19.1. The van der Waals surface area contributed by atoms with Crippen LogP contribution in [0.25, 0.3) is 0 Å². The molecule has 2 nitrogen and oxygen atoms in total. The Bertz CT molecular complexity index is 643. The molecule has 1 saturated heterocycles. The lowest BCUT2D eigenvalue weighted by Gasteiger charge is -2.43. The molecular weight excluding hydrogens is 341 g/mol. The van der Waals surface area contributed by atoms with Crippen LogP contribution >= 0.6 is 24.0 Å².